The smallest absolute Gasteiger partial charge is 0.225 e. The molecule has 2 aliphatic rings. The zero-order chi connectivity index (χ0) is 11.4. The highest BCUT2D eigenvalue weighted by atomic mass is 16.5. The summed E-state index contributed by atoms with van der Waals surface area (Å²) < 4.78 is 5.29. The number of hydrogen-bond donors (Lipinski definition) is 1. The molecule has 0 aromatic rings. The normalized spacial score (nSPS) is 28.1. The number of ether oxygens (including phenoxy) is 1. The molecule has 0 bridgehead atoms. The number of carbonyl (C=O) groups excluding carboxylic acids is 1. The molecule has 2 N–H and O–H groups in total. The van der Waals surface area contributed by atoms with Crippen LogP contribution in [0.15, 0.2) is 0 Å². The van der Waals surface area contributed by atoms with E-state index in [4.69, 9.17) is 10.5 Å². The van der Waals surface area contributed by atoms with Gasteiger partial charge in [0.25, 0.3) is 0 Å². The Hall–Kier alpha value is -0.610. The van der Waals surface area contributed by atoms with Crippen molar-refractivity contribution in [3.63, 3.8) is 0 Å². The van der Waals surface area contributed by atoms with Gasteiger partial charge in [-0.15, -0.1) is 0 Å². The number of nitrogens with zero attached hydrogens (tertiary/aromatic N) is 1. The minimum absolute atomic E-state index is 0.199. The number of hydrogen-bond acceptors (Lipinski definition) is 3. The topological polar surface area (TPSA) is 55.6 Å². The van der Waals surface area contributed by atoms with Gasteiger partial charge >= 0.3 is 0 Å². The molecular weight excluding hydrogens is 204 g/mol. The van der Waals surface area contributed by atoms with Crippen molar-refractivity contribution in [3.8, 4) is 0 Å². The lowest BCUT2D eigenvalue weighted by molar-refractivity contribution is -0.140. The van der Waals surface area contributed by atoms with Gasteiger partial charge in [-0.2, -0.15) is 0 Å². The van der Waals surface area contributed by atoms with Crippen LogP contribution in [0.5, 0.6) is 0 Å². The van der Waals surface area contributed by atoms with Gasteiger partial charge in [0.15, 0.2) is 0 Å². The van der Waals surface area contributed by atoms with Gasteiger partial charge in [0.05, 0.1) is 0 Å². The summed E-state index contributed by atoms with van der Waals surface area (Å²) in [5.74, 6) is 1.05. The third kappa shape index (κ3) is 2.74. The second-order valence-corrected chi connectivity index (χ2v) is 4.91. The number of amides is 1. The Kier molecular flexibility index (Phi) is 4.18. The van der Waals surface area contributed by atoms with Crippen LogP contribution in [-0.4, -0.2) is 43.7 Å². The summed E-state index contributed by atoms with van der Waals surface area (Å²) >= 11 is 0. The molecule has 4 nitrogen and oxygen atoms in total. The Morgan fingerprint density at radius 1 is 1.31 bits per heavy atom. The number of likely N-dealkylation sites (tertiary alicyclic amines) is 1. The average molecular weight is 226 g/mol. The summed E-state index contributed by atoms with van der Waals surface area (Å²) in [7, 11) is 0. The first-order valence-corrected chi connectivity index (χ1v) is 6.38. The van der Waals surface area contributed by atoms with Crippen molar-refractivity contribution in [3.05, 3.63) is 0 Å². The fourth-order valence-corrected chi connectivity index (χ4v) is 2.66. The van der Waals surface area contributed by atoms with E-state index in [2.05, 4.69) is 0 Å². The first-order chi connectivity index (χ1) is 7.81. The van der Waals surface area contributed by atoms with E-state index in [0.29, 0.717) is 18.4 Å². The van der Waals surface area contributed by atoms with E-state index in [9.17, 15) is 4.79 Å². The maximum absolute atomic E-state index is 12.2. The number of nitrogens with two attached hydrogens (primary N) is 1. The largest absolute Gasteiger partial charge is 0.381 e. The fourth-order valence-electron chi connectivity index (χ4n) is 2.66. The van der Waals surface area contributed by atoms with Crippen molar-refractivity contribution < 1.29 is 9.53 Å². The van der Waals surface area contributed by atoms with E-state index >= 15 is 0 Å². The number of rotatable bonds is 2. The molecule has 0 spiro atoms. The number of carbonyl (C=O) groups is 1. The van der Waals surface area contributed by atoms with Gasteiger partial charge in [0.2, 0.25) is 5.91 Å². The molecule has 2 rings (SSSR count). The van der Waals surface area contributed by atoms with Gasteiger partial charge in [-0.05, 0) is 38.1 Å². The molecule has 1 atom stereocenters. The van der Waals surface area contributed by atoms with Gasteiger partial charge in [-0.1, -0.05) is 0 Å². The van der Waals surface area contributed by atoms with Crippen molar-refractivity contribution in [1.29, 1.82) is 0 Å². The van der Waals surface area contributed by atoms with Crippen LogP contribution >= 0.6 is 0 Å². The van der Waals surface area contributed by atoms with Crippen LogP contribution in [0.25, 0.3) is 0 Å². The van der Waals surface area contributed by atoms with E-state index in [1.165, 1.54) is 6.42 Å². The van der Waals surface area contributed by atoms with Crippen molar-refractivity contribution in [2.75, 3.05) is 32.8 Å². The molecule has 0 radical (unpaired) electrons. The Morgan fingerprint density at radius 2 is 2.06 bits per heavy atom. The molecule has 1 amide bonds. The summed E-state index contributed by atoms with van der Waals surface area (Å²) in [5, 5.41) is 0. The standard InChI is InChI=1S/C12H22N2O2/c13-8-10-2-1-5-14(9-10)12(15)11-3-6-16-7-4-11/h10-11H,1-9,13H2. The predicted octanol–water partition coefficient (Wildman–Crippen LogP) is 0.610. The quantitative estimate of drug-likeness (QED) is 0.750. The van der Waals surface area contributed by atoms with Crippen molar-refractivity contribution in [2.45, 2.75) is 25.7 Å². The molecule has 4 heteroatoms. The lowest BCUT2D eigenvalue weighted by Gasteiger charge is -2.35. The summed E-state index contributed by atoms with van der Waals surface area (Å²) in [5.41, 5.74) is 5.69. The highest BCUT2D eigenvalue weighted by Gasteiger charge is 2.29. The Balaban J connectivity index is 1.87. The maximum atomic E-state index is 12.2. The maximum Gasteiger partial charge on any atom is 0.225 e. The average Bonchev–Trinajstić information content (AvgIpc) is 2.39. The first kappa shape index (κ1) is 11.9. The minimum Gasteiger partial charge on any atom is -0.381 e. The van der Waals surface area contributed by atoms with Crippen LogP contribution in [0.2, 0.25) is 0 Å². The van der Waals surface area contributed by atoms with Crippen LogP contribution in [0, 0.1) is 11.8 Å². The fraction of sp³-hybridized carbons (Fsp3) is 0.917. The monoisotopic (exact) mass is 226 g/mol. The van der Waals surface area contributed by atoms with Crippen molar-refractivity contribution >= 4 is 5.91 Å². The minimum atomic E-state index is 0.199. The summed E-state index contributed by atoms with van der Waals surface area (Å²) in [6.07, 6.45) is 4.07. The van der Waals surface area contributed by atoms with Crippen LogP contribution in [0.1, 0.15) is 25.7 Å². The zero-order valence-corrected chi connectivity index (χ0v) is 9.86. The van der Waals surface area contributed by atoms with Crippen LogP contribution in [0.4, 0.5) is 0 Å². The molecule has 0 aromatic carbocycles. The molecular formula is C12H22N2O2. The van der Waals surface area contributed by atoms with E-state index < -0.39 is 0 Å². The number of piperidine rings is 1. The molecule has 2 saturated heterocycles. The molecule has 2 heterocycles. The SMILES string of the molecule is NCC1CCCN(C(=O)C2CCOCC2)C1. The lowest BCUT2D eigenvalue weighted by atomic mass is 9.94. The predicted molar refractivity (Wildman–Crippen MR) is 61.9 cm³/mol. The highest BCUT2D eigenvalue weighted by molar-refractivity contribution is 5.79. The van der Waals surface area contributed by atoms with Crippen LogP contribution in [0.3, 0.4) is 0 Å². The molecule has 92 valence electrons. The molecule has 2 fully saturated rings. The van der Waals surface area contributed by atoms with Crippen LogP contribution in [-0.2, 0) is 9.53 Å². The Morgan fingerprint density at radius 3 is 2.75 bits per heavy atom. The summed E-state index contributed by atoms with van der Waals surface area (Å²) in [4.78, 5) is 14.3. The van der Waals surface area contributed by atoms with Crippen LogP contribution < -0.4 is 5.73 Å². The molecule has 0 aliphatic carbocycles. The molecule has 1 unspecified atom stereocenters. The molecule has 2 aliphatic heterocycles. The van der Waals surface area contributed by atoms with Gasteiger partial charge in [0.1, 0.15) is 0 Å². The van der Waals surface area contributed by atoms with Gasteiger partial charge < -0.3 is 15.4 Å². The Bertz CT molecular complexity index is 239. The molecule has 0 aromatic heterocycles. The van der Waals surface area contributed by atoms with E-state index in [1.54, 1.807) is 0 Å². The first-order valence-electron chi connectivity index (χ1n) is 6.38. The molecule has 16 heavy (non-hydrogen) atoms. The summed E-state index contributed by atoms with van der Waals surface area (Å²) in [6, 6.07) is 0. The second kappa shape index (κ2) is 5.64. The summed E-state index contributed by atoms with van der Waals surface area (Å²) in [6.45, 7) is 3.98. The third-order valence-corrected chi connectivity index (χ3v) is 3.73. The zero-order valence-electron chi connectivity index (χ0n) is 9.86. The molecule has 0 saturated carbocycles. The lowest BCUT2D eigenvalue weighted by Crippen LogP contribution is -2.45. The van der Waals surface area contributed by atoms with Crippen molar-refractivity contribution in [2.24, 2.45) is 17.6 Å². The van der Waals surface area contributed by atoms with Gasteiger partial charge in [0, 0.05) is 32.2 Å². The van der Waals surface area contributed by atoms with E-state index in [0.717, 1.165) is 45.6 Å². The van der Waals surface area contributed by atoms with E-state index in [1.807, 2.05) is 4.90 Å². The van der Waals surface area contributed by atoms with E-state index in [-0.39, 0.29) is 5.92 Å². The van der Waals surface area contributed by atoms with Gasteiger partial charge in [-0.3, -0.25) is 4.79 Å². The second-order valence-electron chi connectivity index (χ2n) is 4.91. The highest BCUT2D eigenvalue weighted by Crippen LogP contribution is 2.22. The van der Waals surface area contributed by atoms with Crippen molar-refractivity contribution in [1.82, 2.24) is 4.90 Å². The Labute approximate surface area is 97.1 Å². The third-order valence-electron chi connectivity index (χ3n) is 3.73. The van der Waals surface area contributed by atoms with Gasteiger partial charge in [-0.25, -0.2) is 0 Å².